The summed E-state index contributed by atoms with van der Waals surface area (Å²) < 4.78 is 53.7. The van der Waals surface area contributed by atoms with Gasteiger partial charge in [0.2, 0.25) is 0 Å². The molecule has 0 saturated heterocycles. The lowest BCUT2D eigenvalue weighted by molar-refractivity contribution is -0.137. The number of rotatable bonds is 2. The van der Waals surface area contributed by atoms with Crippen LogP contribution in [0.4, 0.5) is 17.6 Å². The number of alkyl halides is 3. The number of hydrogen-bond donors (Lipinski definition) is 0. The van der Waals surface area contributed by atoms with Gasteiger partial charge < -0.3 is 0 Å². The quantitative estimate of drug-likeness (QED) is 0.161. The molecule has 4 aromatic rings. The van der Waals surface area contributed by atoms with Crippen LogP contribution in [0.1, 0.15) is 40.7 Å². The average molecular weight is 557 g/mol. The molecule has 0 aromatic heterocycles. The number of benzene rings is 4. The van der Waals surface area contributed by atoms with Gasteiger partial charge in [0, 0.05) is 11.5 Å². The highest BCUT2D eigenvalue weighted by Crippen LogP contribution is 2.57. The Balaban J connectivity index is 1.60. The van der Waals surface area contributed by atoms with E-state index in [-0.39, 0.29) is 5.57 Å². The molecular formula is C34H16F4N4. The molecule has 6 rings (SSSR count). The van der Waals surface area contributed by atoms with Crippen LogP contribution in [0.15, 0.2) is 78.4 Å². The molecule has 2 aliphatic carbocycles. The van der Waals surface area contributed by atoms with Crippen molar-refractivity contribution in [1.29, 1.82) is 21.0 Å². The van der Waals surface area contributed by atoms with E-state index in [0.29, 0.717) is 61.2 Å². The zero-order valence-electron chi connectivity index (χ0n) is 21.8. The standard InChI is InChI=1S/C34H16F4N4/c1-33(16-41,17-42)32-29-11-22(35)7-9-24(29)26-12-28-25(13-30(26)32)23-8-4-19(10-27(23)31(28)20(14-39)15-40)18-2-5-21(6-3-18)34(36,37)38/h2-13,32H,1H3. The molecule has 1 unspecified atom stereocenters. The van der Waals surface area contributed by atoms with E-state index < -0.39 is 28.9 Å². The lowest BCUT2D eigenvalue weighted by Crippen LogP contribution is -2.21. The van der Waals surface area contributed by atoms with Gasteiger partial charge in [0.25, 0.3) is 0 Å². The van der Waals surface area contributed by atoms with Crippen molar-refractivity contribution in [1.82, 2.24) is 0 Å². The van der Waals surface area contributed by atoms with E-state index in [2.05, 4.69) is 12.1 Å². The van der Waals surface area contributed by atoms with Crippen molar-refractivity contribution in [2.75, 3.05) is 0 Å². The summed E-state index contributed by atoms with van der Waals surface area (Å²) >= 11 is 0. The van der Waals surface area contributed by atoms with Gasteiger partial charge in [-0.1, -0.05) is 30.3 Å². The molecule has 200 valence electrons. The van der Waals surface area contributed by atoms with Crippen LogP contribution >= 0.6 is 0 Å². The number of allylic oxidation sites excluding steroid dienone is 1. The monoisotopic (exact) mass is 556 g/mol. The third kappa shape index (κ3) is 3.78. The summed E-state index contributed by atoms with van der Waals surface area (Å²) in [7, 11) is 0. The van der Waals surface area contributed by atoms with Crippen molar-refractivity contribution < 1.29 is 17.6 Å². The van der Waals surface area contributed by atoms with Gasteiger partial charge in [-0.25, -0.2) is 4.39 Å². The van der Waals surface area contributed by atoms with Crippen molar-refractivity contribution in [2.24, 2.45) is 5.41 Å². The lowest BCUT2D eigenvalue weighted by Gasteiger charge is -2.24. The first-order valence-corrected chi connectivity index (χ1v) is 12.7. The van der Waals surface area contributed by atoms with Gasteiger partial charge in [0.05, 0.1) is 17.7 Å². The van der Waals surface area contributed by atoms with E-state index in [1.807, 2.05) is 18.2 Å². The number of hydrogen-bond acceptors (Lipinski definition) is 4. The number of nitriles is 4. The molecule has 0 fully saturated rings. The SMILES string of the molecule is CC(C#N)(C#N)C1c2cc(F)ccc2-c2cc3c(cc21)-c1ccc(-c2ccc(C(F)(F)F)cc2)cc1C3=C(C#N)C#N. The van der Waals surface area contributed by atoms with Gasteiger partial charge in [0.1, 0.15) is 23.5 Å². The molecular weight excluding hydrogens is 540 g/mol. The first-order chi connectivity index (χ1) is 20.0. The van der Waals surface area contributed by atoms with E-state index in [9.17, 15) is 38.6 Å². The van der Waals surface area contributed by atoms with Crippen molar-refractivity contribution in [3.63, 3.8) is 0 Å². The second-order valence-corrected chi connectivity index (χ2v) is 10.4. The van der Waals surface area contributed by atoms with E-state index in [1.54, 1.807) is 30.3 Å². The summed E-state index contributed by atoms with van der Waals surface area (Å²) in [6, 6.07) is 25.9. The van der Waals surface area contributed by atoms with Crippen LogP contribution in [-0.2, 0) is 6.18 Å². The minimum absolute atomic E-state index is 0.146. The lowest BCUT2D eigenvalue weighted by atomic mass is 9.73. The van der Waals surface area contributed by atoms with Crippen LogP contribution in [-0.4, -0.2) is 0 Å². The van der Waals surface area contributed by atoms with Crippen LogP contribution < -0.4 is 0 Å². The Morgan fingerprint density at radius 3 is 1.86 bits per heavy atom. The molecule has 2 aliphatic rings. The topological polar surface area (TPSA) is 95.2 Å². The summed E-state index contributed by atoms with van der Waals surface area (Å²) in [4.78, 5) is 0. The van der Waals surface area contributed by atoms with Crippen LogP contribution in [0, 0.1) is 56.6 Å². The first kappa shape index (κ1) is 26.5. The Morgan fingerprint density at radius 1 is 0.643 bits per heavy atom. The summed E-state index contributed by atoms with van der Waals surface area (Å²) in [5.41, 5.74) is 3.99. The summed E-state index contributed by atoms with van der Waals surface area (Å²) in [6.07, 6.45) is -4.47. The highest BCUT2D eigenvalue weighted by molar-refractivity contribution is 6.06. The normalized spacial score (nSPS) is 14.4. The Hall–Kier alpha value is -5.70. The van der Waals surface area contributed by atoms with Crippen LogP contribution in [0.3, 0.4) is 0 Å². The maximum absolute atomic E-state index is 14.4. The molecule has 42 heavy (non-hydrogen) atoms. The van der Waals surface area contributed by atoms with Crippen LogP contribution in [0.25, 0.3) is 39.0 Å². The minimum atomic E-state index is -4.47. The molecule has 0 bridgehead atoms. The molecule has 0 heterocycles. The highest BCUT2D eigenvalue weighted by Gasteiger charge is 2.45. The summed E-state index contributed by atoms with van der Waals surface area (Å²) in [5.74, 6) is -1.26. The Labute approximate surface area is 238 Å². The molecule has 4 nitrogen and oxygen atoms in total. The van der Waals surface area contributed by atoms with Crippen molar-refractivity contribution in [3.8, 4) is 57.7 Å². The Kier molecular flexibility index (Phi) is 5.79. The predicted molar refractivity (Wildman–Crippen MR) is 146 cm³/mol. The highest BCUT2D eigenvalue weighted by atomic mass is 19.4. The van der Waals surface area contributed by atoms with Gasteiger partial charge in [-0.2, -0.15) is 34.2 Å². The smallest absolute Gasteiger partial charge is 0.207 e. The zero-order chi connectivity index (χ0) is 30.0. The fourth-order valence-electron chi connectivity index (χ4n) is 6.05. The summed E-state index contributed by atoms with van der Waals surface area (Å²) in [6.45, 7) is 1.51. The number of nitrogens with zero attached hydrogens (tertiary/aromatic N) is 4. The molecule has 0 spiro atoms. The molecule has 0 saturated carbocycles. The molecule has 1 atom stereocenters. The molecule has 0 N–H and O–H groups in total. The van der Waals surface area contributed by atoms with Gasteiger partial charge in [-0.15, -0.1) is 0 Å². The van der Waals surface area contributed by atoms with Gasteiger partial charge in [-0.3, -0.25) is 0 Å². The number of halogens is 4. The largest absolute Gasteiger partial charge is 0.416 e. The van der Waals surface area contributed by atoms with Crippen molar-refractivity contribution in [3.05, 3.63) is 112 Å². The van der Waals surface area contributed by atoms with Gasteiger partial charge in [-0.05, 0) is 105 Å². The Bertz CT molecular complexity index is 2010. The maximum atomic E-state index is 14.4. The van der Waals surface area contributed by atoms with E-state index in [0.717, 1.165) is 12.1 Å². The van der Waals surface area contributed by atoms with E-state index in [1.165, 1.54) is 31.2 Å². The third-order valence-corrected chi connectivity index (χ3v) is 8.02. The maximum Gasteiger partial charge on any atom is 0.416 e. The fraction of sp³-hybridized carbons (Fsp3) is 0.118. The molecule has 4 aromatic carbocycles. The zero-order valence-corrected chi connectivity index (χ0v) is 21.8. The second kappa shape index (κ2) is 9.17. The van der Waals surface area contributed by atoms with E-state index in [4.69, 9.17) is 0 Å². The second-order valence-electron chi connectivity index (χ2n) is 10.4. The third-order valence-electron chi connectivity index (χ3n) is 8.02. The summed E-state index contributed by atoms with van der Waals surface area (Å²) in [5, 5.41) is 39.7. The van der Waals surface area contributed by atoms with Crippen LogP contribution in [0.5, 0.6) is 0 Å². The Morgan fingerprint density at radius 2 is 1.24 bits per heavy atom. The fourth-order valence-corrected chi connectivity index (χ4v) is 6.05. The molecule has 0 aliphatic heterocycles. The van der Waals surface area contributed by atoms with Crippen molar-refractivity contribution >= 4 is 5.57 Å². The predicted octanol–water partition coefficient (Wildman–Crippen LogP) is 8.51. The first-order valence-electron chi connectivity index (χ1n) is 12.7. The molecule has 0 amide bonds. The number of fused-ring (bicyclic) bond motifs is 6. The van der Waals surface area contributed by atoms with Gasteiger partial charge >= 0.3 is 6.18 Å². The average Bonchev–Trinajstić information content (AvgIpc) is 3.47. The molecule has 8 heteroatoms. The minimum Gasteiger partial charge on any atom is -0.207 e. The van der Waals surface area contributed by atoms with E-state index >= 15 is 0 Å². The van der Waals surface area contributed by atoms with Crippen LogP contribution in [0.2, 0.25) is 0 Å². The van der Waals surface area contributed by atoms with Crippen molar-refractivity contribution in [2.45, 2.75) is 19.0 Å². The van der Waals surface area contributed by atoms with Gasteiger partial charge in [0.15, 0.2) is 5.41 Å². The molecule has 0 radical (unpaired) electrons.